The molecule has 0 saturated carbocycles. The number of hydrogen-bond acceptors (Lipinski definition) is 3. The summed E-state index contributed by atoms with van der Waals surface area (Å²) in [5, 5.41) is 12.8. The van der Waals surface area contributed by atoms with Crippen LogP contribution in [0.15, 0.2) is 34.8 Å². The van der Waals surface area contributed by atoms with Crippen molar-refractivity contribution < 1.29 is 19.5 Å². The van der Waals surface area contributed by atoms with Crippen LogP contribution in [0.2, 0.25) is 0 Å². The topological polar surface area (TPSA) is 95.5 Å². The standard InChI is InChI=1S/C12H11BrN2O4/c1-7-3-2-4-8(11(7)13)14-12(19)15-9(16)5-6-10(17)18/h2-6H,1H3,(H,17,18)(H2,14,15,16,19)/b6-5+. The summed E-state index contributed by atoms with van der Waals surface area (Å²) in [6.45, 7) is 1.86. The molecule has 0 aromatic heterocycles. The highest BCUT2D eigenvalue weighted by atomic mass is 79.9. The number of carboxylic acid groups (broad SMARTS) is 1. The van der Waals surface area contributed by atoms with Crippen LogP contribution < -0.4 is 10.6 Å². The number of carbonyl (C=O) groups excluding carboxylic acids is 2. The van der Waals surface area contributed by atoms with E-state index in [0.717, 1.165) is 11.6 Å². The summed E-state index contributed by atoms with van der Waals surface area (Å²) in [7, 11) is 0. The zero-order chi connectivity index (χ0) is 14.4. The second-order valence-corrected chi connectivity index (χ2v) is 4.34. The molecule has 3 amide bonds. The van der Waals surface area contributed by atoms with E-state index in [0.29, 0.717) is 16.2 Å². The van der Waals surface area contributed by atoms with Gasteiger partial charge in [0.1, 0.15) is 0 Å². The Labute approximate surface area is 117 Å². The summed E-state index contributed by atoms with van der Waals surface area (Å²) in [6.07, 6.45) is 1.40. The number of benzene rings is 1. The van der Waals surface area contributed by atoms with Crippen molar-refractivity contribution >= 4 is 39.5 Å². The Hall–Kier alpha value is -2.15. The minimum atomic E-state index is -1.27. The lowest BCUT2D eigenvalue weighted by molar-refractivity contribution is -0.131. The number of carbonyl (C=O) groups is 3. The smallest absolute Gasteiger partial charge is 0.328 e. The molecular weight excluding hydrogens is 316 g/mol. The monoisotopic (exact) mass is 326 g/mol. The van der Waals surface area contributed by atoms with Crippen molar-refractivity contribution in [2.24, 2.45) is 0 Å². The summed E-state index contributed by atoms with van der Waals surface area (Å²) in [5.41, 5.74) is 1.43. The van der Waals surface area contributed by atoms with E-state index in [4.69, 9.17) is 5.11 Å². The number of aliphatic carboxylic acids is 1. The van der Waals surface area contributed by atoms with Crippen molar-refractivity contribution in [3.63, 3.8) is 0 Å². The van der Waals surface area contributed by atoms with E-state index in [-0.39, 0.29) is 0 Å². The number of carboxylic acids is 1. The molecule has 0 fully saturated rings. The lowest BCUT2D eigenvalue weighted by Crippen LogP contribution is -2.33. The molecule has 1 rings (SSSR count). The van der Waals surface area contributed by atoms with Gasteiger partial charge in [0.05, 0.1) is 5.69 Å². The predicted molar refractivity (Wildman–Crippen MR) is 72.8 cm³/mol. The Kier molecular flexibility index (Phi) is 5.25. The average molecular weight is 327 g/mol. The molecule has 0 radical (unpaired) electrons. The van der Waals surface area contributed by atoms with Gasteiger partial charge in [0.2, 0.25) is 0 Å². The van der Waals surface area contributed by atoms with Crippen LogP contribution in [0.4, 0.5) is 10.5 Å². The zero-order valence-electron chi connectivity index (χ0n) is 9.94. The number of hydrogen-bond donors (Lipinski definition) is 3. The first-order chi connectivity index (χ1) is 8.90. The fourth-order valence-electron chi connectivity index (χ4n) is 1.20. The average Bonchev–Trinajstić information content (AvgIpc) is 2.32. The molecule has 0 atom stereocenters. The maximum atomic E-state index is 11.5. The summed E-state index contributed by atoms with van der Waals surface area (Å²) in [6, 6.07) is 4.52. The third-order valence-electron chi connectivity index (χ3n) is 2.05. The molecule has 3 N–H and O–H groups in total. The zero-order valence-corrected chi connectivity index (χ0v) is 11.5. The van der Waals surface area contributed by atoms with Crippen molar-refractivity contribution in [3.05, 3.63) is 40.4 Å². The van der Waals surface area contributed by atoms with Gasteiger partial charge in [-0.15, -0.1) is 0 Å². The highest BCUT2D eigenvalue weighted by molar-refractivity contribution is 9.10. The second kappa shape index (κ2) is 6.69. The van der Waals surface area contributed by atoms with Crippen LogP contribution >= 0.6 is 15.9 Å². The third-order valence-corrected chi connectivity index (χ3v) is 3.11. The van der Waals surface area contributed by atoms with Gasteiger partial charge in [0.25, 0.3) is 5.91 Å². The quantitative estimate of drug-likeness (QED) is 0.741. The van der Waals surface area contributed by atoms with Gasteiger partial charge in [-0.1, -0.05) is 12.1 Å². The van der Waals surface area contributed by atoms with Crippen LogP contribution in [0.25, 0.3) is 0 Å². The van der Waals surface area contributed by atoms with Crippen LogP contribution in [0.5, 0.6) is 0 Å². The Morgan fingerprint density at radius 1 is 1.26 bits per heavy atom. The molecular formula is C12H11BrN2O4. The van der Waals surface area contributed by atoms with E-state index in [2.05, 4.69) is 21.2 Å². The lowest BCUT2D eigenvalue weighted by Gasteiger charge is -2.08. The summed E-state index contributed by atoms with van der Waals surface area (Å²) in [5.74, 6) is -2.08. The first kappa shape index (κ1) is 14.9. The predicted octanol–water partition coefficient (Wildman–Crippen LogP) is 2.05. The van der Waals surface area contributed by atoms with Gasteiger partial charge >= 0.3 is 12.0 Å². The van der Waals surface area contributed by atoms with Gasteiger partial charge in [0.15, 0.2) is 0 Å². The number of urea groups is 1. The minimum absolute atomic E-state index is 0.507. The van der Waals surface area contributed by atoms with Crippen molar-refractivity contribution in [2.75, 3.05) is 5.32 Å². The third kappa shape index (κ3) is 4.92. The summed E-state index contributed by atoms with van der Waals surface area (Å²) < 4.78 is 0.707. The number of halogens is 1. The SMILES string of the molecule is Cc1cccc(NC(=O)NC(=O)/C=C/C(=O)O)c1Br. The van der Waals surface area contributed by atoms with E-state index in [1.165, 1.54) is 0 Å². The maximum absolute atomic E-state index is 11.5. The molecule has 1 aromatic carbocycles. The fraction of sp³-hybridized carbons (Fsp3) is 0.0833. The number of rotatable bonds is 3. The first-order valence-corrected chi connectivity index (χ1v) is 5.97. The van der Waals surface area contributed by atoms with Gasteiger partial charge in [-0.2, -0.15) is 0 Å². The van der Waals surface area contributed by atoms with E-state index < -0.39 is 17.9 Å². The molecule has 7 heteroatoms. The van der Waals surface area contributed by atoms with Crippen LogP contribution in [0.1, 0.15) is 5.56 Å². The molecule has 19 heavy (non-hydrogen) atoms. The van der Waals surface area contributed by atoms with Gasteiger partial charge in [0, 0.05) is 16.6 Å². The van der Waals surface area contributed by atoms with Gasteiger partial charge in [-0.25, -0.2) is 9.59 Å². The van der Waals surface area contributed by atoms with E-state index in [1.807, 2.05) is 18.3 Å². The maximum Gasteiger partial charge on any atom is 0.328 e. The van der Waals surface area contributed by atoms with E-state index >= 15 is 0 Å². The summed E-state index contributed by atoms with van der Waals surface area (Å²) in [4.78, 5) is 32.8. The molecule has 0 spiro atoms. The van der Waals surface area contributed by atoms with Crippen molar-refractivity contribution in [2.45, 2.75) is 6.92 Å². The highest BCUT2D eigenvalue weighted by Gasteiger charge is 2.08. The molecule has 0 aliphatic heterocycles. The molecule has 100 valence electrons. The Balaban J connectivity index is 2.63. The van der Waals surface area contributed by atoms with E-state index in [9.17, 15) is 14.4 Å². The number of anilines is 1. The van der Waals surface area contributed by atoms with Crippen LogP contribution in [0, 0.1) is 6.92 Å². The normalized spacial score (nSPS) is 10.2. The highest BCUT2D eigenvalue weighted by Crippen LogP contribution is 2.25. The molecule has 1 aromatic rings. The summed E-state index contributed by atoms with van der Waals surface area (Å²) >= 11 is 3.31. The molecule has 0 unspecified atom stereocenters. The molecule has 0 aliphatic rings. The molecule has 0 saturated heterocycles. The van der Waals surface area contributed by atoms with E-state index in [1.54, 1.807) is 12.1 Å². The number of nitrogens with one attached hydrogen (secondary N) is 2. The first-order valence-electron chi connectivity index (χ1n) is 5.18. The minimum Gasteiger partial charge on any atom is -0.478 e. The van der Waals surface area contributed by atoms with Gasteiger partial charge < -0.3 is 10.4 Å². The van der Waals surface area contributed by atoms with Crippen LogP contribution in [-0.4, -0.2) is 23.0 Å². The van der Waals surface area contributed by atoms with Crippen molar-refractivity contribution in [3.8, 4) is 0 Å². The Morgan fingerprint density at radius 3 is 2.58 bits per heavy atom. The van der Waals surface area contributed by atoms with Crippen LogP contribution in [-0.2, 0) is 9.59 Å². The number of amides is 3. The largest absolute Gasteiger partial charge is 0.478 e. The second-order valence-electron chi connectivity index (χ2n) is 3.55. The molecule has 6 nitrogen and oxygen atoms in total. The van der Waals surface area contributed by atoms with Gasteiger partial charge in [-0.05, 0) is 34.5 Å². The molecule has 0 heterocycles. The number of imide groups is 1. The fourth-order valence-corrected chi connectivity index (χ4v) is 1.56. The Bertz CT molecular complexity index is 555. The molecule has 0 aliphatic carbocycles. The van der Waals surface area contributed by atoms with Crippen molar-refractivity contribution in [1.29, 1.82) is 0 Å². The van der Waals surface area contributed by atoms with Gasteiger partial charge in [-0.3, -0.25) is 10.1 Å². The van der Waals surface area contributed by atoms with Crippen molar-refractivity contribution in [1.82, 2.24) is 5.32 Å². The lowest BCUT2D eigenvalue weighted by atomic mass is 10.2. The van der Waals surface area contributed by atoms with Crippen LogP contribution in [0.3, 0.4) is 0 Å². The Morgan fingerprint density at radius 2 is 1.95 bits per heavy atom. The molecule has 0 bridgehead atoms. The number of aryl methyl sites for hydroxylation is 1.